The van der Waals surface area contributed by atoms with E-state index in [1.54, 1.807) is 0 Å². The first-order valence-electron chi connectivity index (χ1n) is 12.3. The van der Waals surface area contributed by atoms with E-state index < -0.39 is 12.2 Å². The van der Waals surface area contributed by atoms with Crippen molar-refractivity contribution in [2.75, 3.05) is 26.2 Å². The van der Waals surface area contributed by atoms with Gasteiger partial charge < -0.3 is 15.1 Å². The third-order valence-corrected chi connectivity index (χ3v) is 7.88. The van der Waals surface area contributed by atoms with E-state index in [4.69, 9.17) is 0 Å². The number of nitrogens with one attached hydrogen (secondary N) is 1. The molecule has 4 aliphatic rings. The zero-order chi connectivity index (χ0) is 22.5. The highest BCUT2D eigenvalue weighted by atomic mass is 19.1. The van der Waals surface area contributed by atoms with Crippen LogP contribution in [0.25, 0.3) is 0 Å². The number of carbonyl (C=O) groups is 2. The molecule has 6 nitrogen and oxygen atoms in total. The van der Waals surface area contributed by atoms with Crippen molar-refractivity contribution in [1.82, 2.24) is 15.1 Å². The van der Waals surface area contributed by atoms with Gasteiger partial charge in [0.15, 0.2) is 0 Å². The van der Waals surface area contributed by atoms with E-state index in [9.17, 15) is 19.2 Å². The molecule has 0 aromatic rings. The molecule has 1 heterocycles. The molecule has 2 amide bonds. The lowest BCUT2D eigenvalue weighted by Crippen LogP contribution is -2.60. The highest BCUT2D eigenvalue weighted by Gasteiger charge is 2.53. The Hall–Kier alpha value is -1.68. The Morgan fingerprint density at radius 3 is 2.19 bits per heavy atom. The second-order valence-electron chi connectivity index (χ2n) is 9.94. The molecule has 2 atom stereocenters. The van der Waals surface area contributed by atoms with E-state index >= 15 is 0 Å². The minimum absolute atomic E-state index is 0.0225. The van der Waals surface area contributed by atoms with Gasteiger partial charge >= 0.3 is 0 Å². The quantitative estimate of drug-likeness (QED) is 0.570. The van der Waals surface area contributed by atoms with Gasteiger partial charge in [0.25, 0.3) is 0 Å². The summed E-state index contributed by atoms with van der Waals surface area (Å²) >= 11 is 0. The number of alkyl halides is 1. The summed E-state index contributed by atoms with van der Waals surface area (Å²) in [6.45, 7) is 6.22. The van der Waals surface area contributed by atoms with Crippen LogP contribution < -0.4 is 5.32 Å². The van der Waals surface area contributed by atoms with Gasteiger partial charge in [-0.3, -0.25) is 9.59 Å². The fourth-order valence-electron chi connectivity index (χ4n) is 5.67. The average Bonchev–Trinajstić information content (AvgIpc) is 3.19. The lowest BCUT2D eigenvalue weighted by atomic mass is 9.56. The number of amides is 2. The van der Waals surface area contributed by atoms with E-state index in [-0.39, 0.29) is 36.4 Å². The molecule has 0 radical (unpaired) electrons. The van der Waals surface area contributed by atoms with Crippen molar-refractivity contribution < 1.29 is 14.0 Å². The molecular formula is C24H39FN4O2. The van der Waals surface area contributed by atoms with Crippen molar-refractivity contribution in [3.8, 4) is 6.07 Å². The van der Waals surface area contributed by atoms with Crippen molar-refractivity contribution in [3.63, 3.8) is 0 Å². The van der Waals surface area contributed by atoms with Gasteiger partial charge in [-0.2, -0.15) is 5.26 Å². The summed E-state index contributed by atoms with van der Waals surface area (Å²) in [6, 6.07) is 1.40. The average molecular weight is 435 g/mol. The number of nitrogens with zero attached hydrogens (tertiary/aromatic N) is 3. The van der Waals surface area contributed by atoms with Crippen LogP contribution in [0.2, 0.25) is 0 Å². The van der Waals surface area contributed by atoms with Crippen LogP contribution in [0, 0.1) is 16.7 Å². The smallest absolute Gasteiger partial charge is 0.237 e. The third-order valence-electron chi connectivity index (χ3n) is 7.88. The summed E-state index contributed by atoms with van der Waals surface area (Å²) in [5, 5.41) is 12.7. The zero-order valence-corrected chi connectivity index (χ0v) is 19.3. The van der Waals surface area contributed by atoms with Crippen molar-refractivity contribution in [2.45, 2.75) is 102 Å². The fourth-order valence-corrected chi connectivity index (χ4v) is 5.67. The Bertz CT molecular complexity index is 659. The molecule has 0 aromatic heterocycles. The van der Waals surface area contributed by atoms with Crippen LogP contribution in [-0.4, -0.2) is 65.5 Å². The molecule has 174 valence electrons. The topological polar surface area (TPSA) is 76.4 Å². The molecule has 1 N–H and O–H groups in total. The van der Waals surface area contributed by atoms with E-state index in [0.29, 0.717) is 5.91 Å². The van der Waals surface area contributed by atoms with Gasteiger partial charge in [-0.05, 0) is 51.4 Å². The number of carbonyl (C=O) groups excluding carboxylic acids is 2. The second kappa shape index (κ2) is 10.3. The van der Waals surface area contributed by atoms with Gasteiger partial charge in [-0.15, -0.1) is 0 Å². The standard InChI is InChI=1S/C24H39FN4O2/c1-3-5-13-28(14-6-4-2)22(31)23-7-10-24(11-8-23,12-9-23)27-17-21(30)29-18-19(25)15-20(29)16-26/h19-20,27H,3-15,17-18H2,1-2H3/t19-,20?,23?,24?/m0/s1. The number of hydrogen-bond donors (Lipinski definition) is 1. The van der Waals surface area contributed by atoms with Crippen LogP contribution in [0.1, 0.15) is 84.5 Å². The number of nitriles is 1. The summed E-state index contributed by atoms with van der Waals surface area (Å²) in [6.07, 6.45) is 8.62. The largest absolute Gasteiger partial charge is 0.342 e. The van der Waals surface area contributed by atoms with Crippen LogP contribution >= 0.6 is 0 Å². The Labute approximate surface area is 186 Å². The molecule has 0 aromatic carbocycles. The van der Waals surface area contributed by atoms with Gasteiger partial charge in [0, 0.05) is 30.5 Å². The lowest BCUT2D eigenvalue weighted by molar-refractivity contribution is -0.150. The lowest BCUT2D eigenvalue weighted by Gasteiger charge is -2.54. The summed E-state index contributed by atoms with van der Waals surface area (Å²) in [7, 11) is 0. The maximum atomic E-state index is 13.7. The Morgan fingerprint density at radius 2 is 1.68 bits per heavy atom. The van der Waals surface area contributed by atoms with E-state index in [1.807, 2.05) is 6.07 Å². The molecule has 0 spiro atoms. The van der Waals surface area contributed by atoms with Gasteiger partial charge in [0.05, 0.1) is 19.2 Å². The molecule has 3 saturated carbocycles. The minimum Gasteiger partial charge on any atom is -0.342 e. The van der Waals surface area contributed by atoms with Gasteiger partial charge in [-0.1, -0.05) is 26.7 Å². The summed E-state index contributed by atoms with van der Waals surface area (Å²) < 4.78 is 13.7. The van der Waals surface area contributed by atoms with E-state index in [0.717, 1.165) is 77.3 Å². The van der Waals surface area contributed by atoms with Crippen LogP contribution in [0.5, 0.6) is 0 Å². The molecule has 3 aliphatic carbocycles. The molecule has 1 saturated heterocycles. The van der Waals surface area contributed by atoms with Crippen molar-refractivity contribution in [2.24, 2.45) is 5.41 Å². The summed E-state index contributed by atoms with van der Waals surface area (Å²) in [5.74, 6) is 0.159. The maximum Gasteiger partial charge on any atom is 0.237 e. The monoisotopic (exact) mass is 434 g/mol. The Kier molecular flexibility index (Phi) is 7.96. The summed E-state index contributed by atoms with van der Waals surface area (Å²) in [4.78, 5) is 29.6. The van der Waals surface area contributed by atoms with Crippen LogP contribution in [0.15, 0.2) is 0 Å². The van der Waals surface area contributed by atoms with Crippen molar-refractivity contribution >= 4 is 11.8 Å². The number of rotatable bonds is 10. The predicted octanol–water partition coefficient (Wildman–Crippen LogP) is 3.56. The molecule has 1 unspecified atom stereocenters. The molecule has 31 heavy (non-hydrogen) atoms. The predicted molar refractivity (Wildman–Crippen MR) is 118 cm³/mol. The number of hydrogen-bond acceptors (Lipinski definition) is 4. The van der Waals surface area contributed by atoms with Gasteiger partial charge in [-0.25, -0.2) is 4.39 Å². The fraction of sp³-hybridized carbons (Fsp3) is 0.875. The molecular weight excluding hydrogens is 395 g/mol. The van der Waals surface area contributed by atoms with E-state index in [1.165, 1.54) is 4.90 Å². The number of fused-ring (bicyclic) bond motifs is 3. The second-order valence-corrected chi connectivity index (χ2v) is 9.94. The number of likely N-dealkylation sites (tertiary alicyclic amines) is 1. The first kappa shape index (κ1) is 24.0. The molecule has 4 fully saturated rings. The van der Waals surface area contributed by atoms with E-state index in [2.05, 4.69) is 24.1 Å². The molecule has 1 aliphatic heterocycles. The molecule has 7 heteroatoms. The SMILES string of the molecule is CCCCN(CCCC)C(=O)C12CCC(NCC(=O)N3C[C@@H](F)CC3C#N)(CC1)CC2. The van der Waals surface area contributed by atoms with Gasteiger partial charge in [0.1, 0.15) is 12.2 Å². The zero-order valence-electron chi connectivity index (χ0n) is 19.3. The first-order chi connectivity index (χ1) is 14.9. The number of halogens is 1. The maximum absolute atomic E-state index is 13.7. The van der Waals surface area contributed by atoms with Crippen molar-refractivity contribution in [3.05, 3.63) is 0 Å². The van der Waals surface area contributed by atoms with Gasteiger partial charge in [0.2, 0.25) is 11.8 Å². The number of unbranched alkanes of at least 4 members (excludes halogenated alkanes) is 2. The summed E-state index contributed by atoms with van der Waals surface area (Å²) in [5.41, 5.74) is -0.330. The van der Waals surface area contributed by atoms with Crippen LogP contribution in [-0.2, 0) is 9.59 Å². The first-order valence-corrected chi connectivity index (χ1v) is 12.3. The third kappa shape index (κ3) is 5.22. The highest BCUT2D eigenvalue weighted by Crippen LogP contribution is 2.53. The minimum atomic E-state index is -1.11. The van der Waals surface area contributed by atoms with Crippen LogP contribution in [0.3, 0.4) is 0 Å². The molecule has 4 rings (SSSR count). The normalized spacial score (nSPS) is 32.1. The molecule has 2 bridgehead atoms. The van der Waals surface area contributed by atoms with Crippen molar-refractivity contribution in [1.29, 1.82) is 5.26 Å². The highest BCUT2D eigenvalue weighted by molar-refractivity contribution is 5.83. The Balaban J connectivity index is 1.55. The van der Waals surface area contributed by atoms with Crippen LogP contribution in [0.4, 0.5) is 4.39 Å². The Morgan fingerprint density at radius 1 is 1.10 bits per heavy atom.